The van der Waals surface area contributed by atoms with E-state index in [2.05, 4.69) is 15.3 Å². The summed E-state index contributed by atoms with van der Waals surface area (Å²) in [5.41, 5.74) is 0. The lowest BCUT2D eigenvalue weighted by Gasteiger charge is -2.25. The number of carbonyl (C=O) groups excluding carboxylic acids is 1. The molecule has 0 saturated carbocycles. The summed E-state index contributed by atoms with van der Waals surface area (Å²) in [6.07, 6.45) is 6.11. The molecule has 0 radical (unpaired) electrons. The largest absolute Gasteiger partial charge is 0.311 e. The van der Waals surface area contributed by atoms with Gasteiger partial charge in [-0.2, -0.15) is 5.10 Å². The Morgan fingerprint density at radius 1 is 1.41 bits per heavy atom. The van der Waals surface area contributed by atoms with E-state index in [-0.39, 0.29) is 5.91 Å². The SMILES string of the molecule is Cn1nccc1NC(=O)CCN1CCCCC1. The molecular formula is C12H20N4O. The van der Waals surface area contributed by atoms with E-state index in [4.69, 9.17) is 0 Å². The van der Waals surface area contributed by atoms with Crippen LogP contribution in [0, 0.1) is 0 Å². The van der Waals surface area contributed by atoms with Gasteiger partial charge in [-0.15, -0.1) is 0 Å². The summed E-state index contributed by atoms with van der Waals surface area (Å²) >= 11 is 0. The molecule has 2 rings (SSSR count). The summed E-state index contributed by atoms with van der Waals surface area (Å²) in [4.78, 5) is 14.1. The molecule has 94 valence electrons. The lowest BCUT2D eigenvalue weighted by atomic mass is 10.1. The van der Waals surface area contributed by atoms with E-state index in [0.717, 1.165) is 25.5 Å². The molecule has 1 amide bonds. The zero-order chi connectivity index (χ0) is 12.1. The Kier molecular flexibility index (Phi) is 4.14. The van der Waals surface area contributed by atoms with Crippen LogP contribution in [-0.2, 0) is 11.8 Å². The molecule has 0 bridgehead atoms. The van der Waals surface area contributed by atoms with E-state index in [1.165, 1.54) is 19.3 Å². The van der Waals surface area contributed by atoms with Crippen LogP contribution in [0.25, 0.3) is 0 Å². The Labute approximate surface area is 102 Å². The molecule has 2 heterocycles. The van der Waals surface area contributed by atoms with Gasteiger partial charge in [-0.3, -0.25) is 9.48 Å². The van der Waals surface area contributed by atoms with Crippen molar-refractivity contribution in [3.63, 3.8) is 0 Å². The Hall–Kier alpha value is -1.36. The smallest absolute Gasteiger partial charge is 0.226 e. The third-order valence-corrected chi connectivity index (χ3v) is 3.19. The molecule has 1 aromatic rings. The Bertz CT molecular complexity index is 368. The number of anilines is 1. The average molecular weight is 236 g/mol. The number of hydrogen-bond acceptors (Lipinski definition) is 3. The predicted molar refractivity (Wildman–Crippen MR) is 66.7 cm³/mol. The summed E-state index contributed by atoms with van der Waals surface area (Å²) in [5, 5.41) is 6.88. The van der Waals surface area contributed by atoms with Crippen LogP contribution in [0.3, 0.4) is 0 Å². The molecule has 1 saturated heterocycles. The van der Waals surface area contributed by atoms with Crippen molar-refractivity contribution >= 4 is 11.7 Å². The van der Waals surface area contributed by atoms with Gasteiger partial charge in [0.05, 0.1) is 6.20 Å². The van der Waals surface area contributed by atoms with Crippen molar-refractivity contribution in [1.29, 1.82) is 0 Å². The number of amides is 1. The van der Waals surface area contributed by atoms with Gasteiger partial charge in [-0.1, -0.05) is 6.42 Å². The maximum atomic E-state index is 11.7. The van der Waals surface area contributed by atoms with E-state index in [1.54, 1.807) is 16.9 Å². The van der Waals surface area contributed by atoms with E-state index < -0.39 is 0 Å². The zero-order valence-corrected chi connectivity index (χ0v) is 10.4. The minimum atomic E-state index is 0.0687. The summed E-state index contributed by atoms with van der Waals surface area (Å²) in [6, 6.07) is 1.80. The van der Waals surface area contributed by atoms with Crippen LogP contribution in [0.5, 0.6) is 0 Å². The second-order valence-corrected chi connectivity index (χ2v) is 4.54. The van der Waals surface area contributed by atoms with Crippen molar-refractivity contribution in [3.8, 4) is 0 Å². The van der Waals surface area contributed by atoms with Gasteiger partial charge in [-0.05, 0) is 25.9 Å². The number of nitrogens with one attached hydrogen (secondary N) is 1. The molecule has 0 aliphatic carbocycles. The van der Waals surface area contributed by atoms with E-state index >= 15 is 0 Å². The molecule has 0 spiro atoms. The number of nitrogens with zero attached hydrogens (tertiary/aromatic N) is 3. The lowest BCUT2D eigenvalue weighted by Crippen LogP contribution is -2.32. The highest BCUT2D eigenvalue weighted by molar-refractivity contribution is 5.89. The van der Waals surface area contributed by atoms with Crippen molar-refractivity contribution in [2.75, 3.05) is 25.0 Å². The first-order chi connectivity index (χ1) is 8.25. The first kappa shape index (κ1) is 12.1. The van der Waals surface area contributed by atoms with Crippen LogP contribution in [0.15, 0.2) is 12.3 Å². The molecule has 0 unspecified atom stereocenters. The summed E-state index contributed by atoms with van der Waals surface area (Å²) < 4.78 is 1.67. The quantitative estimate of drug-likeness (QED) is 0.855. The number of aryl methyl sites for hydroxylation is 1. The monoisotopic (exact) mass is 236 g/mol. The number of aromatic nitrogens is 2. The highest BCUT2D eigenvalue weighted by Crippen LogP contribution is 2.09. The molecule has 1 aromatic heterocycles. The second kappa shape index (κ2) is 5.82. The van der Waals surface area contributed by atoms with E-state index in [9.17, 15) is 4.79 Å². The maximum absolute atomic E-state index is 11.7. The lowest BCUT2D eigenvalue weighted by molar-refractivity contribution is -0.116. The Morgan fingerprint density at radius 3 is 2.82 bits per heavy atom. The number of rotatable bonds is 4. The van der Waals surface area contributed by atoms with Gasteiger partial charge in [-0.25, -0.2) is 0 Å². The van der Waals surface area contributed by atoms with Gasteiger partial charge in [0, 0.05) is 26.1 Å². The van der Waals surface area contributed by atoms with Crippen molar-refractivity contribution in [2.45, 2.75) is 25.7 Å². The summed E-state index contributed by atoms with van der Waals surface area (Å²) in [7, 11) is 1.82. The van der Waals surface area contributed by atoms with E-state index in [1.807, 2.05) is 7.05 Å². The number of likely N-dealkylation sites (tertiary alicyclic amines) is 1. The standard InChI is InChI=1S/C12H20N4O/c1-15-11(5-7-13-15)14-12(17)6-10-16-8-3-2-4-9-16/h5,7H,2-4,6,8-10H2,1H3,(H,14,17). The van der Waals surface area contributed by atoms with Gasteiger partial charge in [0.15, 0.2) is 0 Å². The molecule has 17 heavy (non-hydrogen) atoms. The van der Waals surface area contributed by atoms with Gasteiger partial charge in [0.25, 0.3) is 0 Å². The fourth-order valence-corrected chi connectivity index (χ4v) is 2.14. The van der Waals surface area contributed by atoms with Gasteiger partial charge >= 0.3 is 0 Å². The minimum Gasteiger partial charge on any atom is -0.311 e. The highest BCUT2D eigenvalue weighted by Gasteiger charge is 2.12. The fourth-order valence-electron chi connectivity index (χ4n) is 2.14. The third kappa shape index (κ3) is 3.56. The van der Waals surface area contributed by atoms with Crippen molar-refractivity contribution < 1.29 is 4.79 Å². The Balaban J connectivity index is 1.72. The normalized spacial score (nSPS) is 17.0. The summed E-state index contributed by atoms with van der Waals surface area (Å²) in [5.74, 6) is 0.827. The van der Waals surface area contributed by atoms with Crippen LogP contribution >= 0.6 is 0 Å². The molecular weight excluding hydrogens is 216 g/mol. The van der Waals surface area contributed by atoms with Gasteiger partial charge < -0.3 is 10.2 Å². The average Bonchev–Trinajstić information content (AvgIpc) is 2.74. The molecule has 0 atom stereocenters. The summed E-state index contributed by atoms with van der Waals surface area (Å²) in [6.45, 7) is 3.14. The number of piperidine rings is 1. The zero-order valence-electron chi connectivity index (χ0n) is 10.4. The van der Waals surface area contributed by atoms with Gasteiger partial charge in [0.1, 0.15) is 5.82 Å². The highest BCUT2D eigenvalue weighted by atomic mass is 16.1. The minimum absolute atomic E-state index is 0.0687. The first-order valence-electron chi connectivity index (χ1n) is 6.26. The van der Waals surface area contributed by atoms with Crippen molar-refractivity contribution in [1.82, 2.24) is 14.7 Å². The number of carbonyl (C=O) groups is 1. The van der Waals surface area contributed by atoms with Crippen LogP contribution in [-0.4, -0.2) is 40.2 Å². The Morgan fingerprint density at radius 2 is 2.18 bits per heavy atom. The molecule has 0 aromatic carbocycles. The van der Waals surface area contributed by atoms with Crippen LogP contribution in [0.4, 0.5) is 5.82 Å². The second-order valence-electron chi connectivity index (χ2n) is 4.54. The molecule has 5 heteroatoms. The third-order valence-electron chi connectivity index (χ3n) is 3.19. The van der Waals surface area contributed by atoms with Crippen LogP contribution < -0.4 is 5.32 Å². The molecule has 1 aliphatic rings. The van der Waals surface area contributed by atoms with Crippen molar-refractivity contribution in [3.05, 3.63) is 12.3 Å². The first-order valence-corrected chi connectivity index (χ1v) is 6.26. The molecule has 1 aliphatic heterocycles. The van der Waals surface area contributed by atoms with Crippen LogP contribution in [0.2, 0.25) is 0 Å². The fraction of sp³-hybridized carbons (Fsp3) is 0.667. The maximum Gasteiger partial charge on any atom is 0.226 e. The molecule has 1 N–H and O–H groups in total. The molecule has 1 fully saturated rings. The topological polar surface area (TPSA) is 50.2 Å². The predicted octanol–water partition coefficient (Wildman–Crippen LogP) is 1.23. The number of hydrogen-bond donors (Lipinski definition) is 1. The van der Waals surface area contributed by atoms with Gasteiger partial charge in [0.2, 0.25) is 5.91 Å². The van der Waals surface area contributed by atoms with Crippen molar-refractivity contribution in [2.24, 2.45) is 7.05 Å². The molecule has 5 nitrogen and oxygen atoms in total. The van der Waals surface area contributed by atoms with Crippen LogP contribution in [0.1, 0.15) is 25.7 Å². The van der Waals surface area contributed by atoms with E-state index in [0.29, 0.717) is 6.42 Å².